The minimum absolute atomic E-state index is 0. The van der Waals surface area contributed by atoms with Gasteiger partial charge in [0.25, 0.3) is 0 Å². The van der Waals surface area contributed by atoms with Gasteiger partial charge in [0.2, 0.25) is 0 Å². The number of hydrogen-bond acceptors (Lipinski definition) is 0. The van der Waals surface area contributed by atoms with Crippen molar-refractivity contribution in [2.75, 3.05) is 19.6 Å². The van der Waals surface area contributed by atoms with Crippen LogP contribution in [0.5, 0.6) is 0 Å². The SMILES string of the molecule is CCCCCC[NH+](CCCCC)CCCCC.[Cl-]. The summed E-state index contributed by atoms with van der Waals surface area (Å²) in [4.78, 5) is 1.88. The lowest BCUT2D eigenvalue weighted by Gasteiger charge is -2.19. The molecule has 0 aromatic heterocycles. The standard InChI is InChI=1S/C16H35N.ClH/c1-4-7-10-13-16-17(14-11-8-5-2)15-12-9-6-3;/h4-16H2,1-3H3;1H. The number of rotatable bonds is 13. The van der Waals surface area contributed by atoms with E-state index in [4.69, 9.17) is 0 Å². The van der Waals surface area contributed by atoms with E-state index in [0.717, 1.165) is 0 Å². The summed E-state index contributed by atoms with van der Waals surface area (Å²) < 4.78 is 0. The number of hydrogen-bond donors (Lipinski definition) is 1. The molecule has 0 spiro atoms. The second kappa shape index (κ2) is 17.2. The van der Waals surface area contributed by atoms with Gasteiger partial charge in [-0.15, -0.1) is 0 Å². The molecule has 0 aliphatic heterocycles. The smallest absolute Gasteiger partial charge is 0.0770 e. The van der Waals surface area contributed by atoms with Gasteiger partial charge in [0, 0.05) is 0 Å². The molecule has 0 aromatic carbocycles. The molecular weight excluding hydrogens is 242 g/mol. The van der Waals surface area contributed by atoms with Gasteiger partial charge in [-0.2, -0.15) is 0 Å². The van der Waals surface area contributed by atoms with Crippen LogP contribution in [0.1, 0.15) is 85.0 Å². The Labute approximate surface area is 122 Å². The van der Waals surface area contributed by atoms with Crippen molar-refractivity contribution in [3.8, 4) is 0 Å². The molecule has 0 atom stereocenters. The number of unbranched alkanes of at least 4 members (excludes halogenated alkanes) is 7. The predicted octanol–water partition coefficient (Wildman–Crippen LogP) is 0.836. The van der Waals surface area contributed by atoms with Gasteiger partial charge in [0.05, 0.1) is 19.6 Å². The monoisotopic (exact) mass is 277 g/mol. The minimum Gasteiger partial charge on any atom is -1.00 e. The molecule has 0 amide bonds. The topological polar surface area (TPSA) is 4.44 Å². The molecule has 0 heterocycles. The normalized spacial score (nSPS) is 10.7. The van der Waals surface area contributed by atoms with Crippen LogP contribution in [0.25, 0.3) is 0 Å². The van der Waals surface area contributed by atoms with E-state index in [1.807, 2.05) is 4.90 Å². The number of nitrogens with one attached hydrogen (secondary N) is 1. The van der Waals surface area contributed by atoms with E-state index in [-0.39, 0.29) is 12.4 Å². The van der Waals surface area contributed by atoms with Crippen molar-refractivity contribution in [2.45, 2.75) is 85.0 Å². The van der Waals surface area contributed by atoms with Crippen LogP contribution in [-0.4, -0.2) is 19.6 Å². The molecule has 0 saturated carbocycles. The zero-order chi connectivity index (χ0) is 12.8. The van der Waals surface area contributed by atoms with E-state index < -0.39 is 0 Å². The van der Waals surface area contributed by atoms with Crippen molar-refractivity contribution in [2.24, 2.45) is 0 Å². The van der Waals surface area contributed by atoms with Crippen LogP contribution in [0.4, 0.5) is 0 Å². The highest BCUT2D eigenvalue weighted by molar-refractivity contribution is 4.42. The molecule has 0 bridgehead atoms. The fourth-order valence-corrected chi connectivity index (χ4v) is 2.43. The average Bonchev–Trinajstić information content (AvgIpc) is 2.34. The quantitative estimate of drug-likeness (QED) is 0.476. The van der Waals surface area contributed by atoms with Crippen molar-refractivity contribution in [3.63, 3.8) is 0 Å². The zero-order valence-electron chi connectivity index (χ0n) is 13.1. The Hall–Kier alpha value is 0.250. The van der Waals surface area contributed by atoms with Crippen molar-refractivity contribution >= 4 is 0 Å². The fraction of sp³-hybridized carbons (Fsp3) is 1.00. The Kier molecular flexibility index (Phi) is 19.7. The number of quaternary nitrogens is 1. The molecule has 1 N–H and O–H groups in total. The van der Waals surface area contributed by atoms with E-state index in [1.54, 1.807) is 0 Å². The highest BCUT2D eigenvalue weighted by atomic mass is 35.5. The van der Waals surface area contributed by atoms with Crippen molar-refractivity contribution in [1.29, 1.82) is 0 Å². The van der Waals surface area contributed by atoms with Crippen LogP contribution in [0.3, 0.4) is 0 Å². The summed E-state index contributed by atoms with van der Waals surface area (Å²) in [6, 6.07) is 0. The molecule has 2 heteroatoms. The lowest BCUT2D eigenvalue weighted by molar-refractivity contribution is -0.900. The lowest BCUT2D eigenvalue weighted by Crippen LogP contribution is -3.12. The van der Waals surface area contributed by atoms with Gasteiger partial charge in [-0.25, -0.2) is 0 Å². The van der Waals surface area contributed by atoms with Gasteiger partial charge in [0.15, 0.2) is 0 Å². The van der Waals surface area contributed by atoms with Gasteiger partial charge in [-0.3, -0.25) is 0 Å². The van der Waals surface area contributed by atoms with Crippen LogP contribution in [0, 0.1) is 0 Å². The first-order chi connectivity index (χ1) is 8.35. The van der Waals surface area contributed by atoms with Gasteiger partial charge in [-0.05, 0) is 38.5 Å². The molecule has 1 nitrogen and oxygen atoms in total. The zero-order valence-corrected chi connectivity index (χ0v) is 13.8. The van der Waals surface area contributed by atoms with E-state index in [2.05, 4.69) is 20.8 Å². The van der Waals surface area contributed by atoms with Crippen molar-refractivity contribution < 1.29 is 17.3 Å². The molecule has 0 aromatic rings. The van der Waals surface area contributed by atoms with E-state index in [9.17, 15) is 0 Å². The molecule has 112 valence electrons. The Bertz CT molecular complexity index is 129. The lowest BCUT2D eigenvalue weighted by atomic mass is 10.1. The third-order valence-electron chi connectivity index (χ3n) is 3.65. The molecular formula is C16H36ClN. The van der Waals surface area contributed by atoms with Crippen LogP contribution < -0.4 is 17.3 Å². The Morgan fingerprint density at radius 2 is 0.833 bits per heavy atom. The van der Waals surface area contributed by atoms with Gasteiger partial charge in [0.1, 0.15) is 0 Å². The number of halogens is 1. The summed E-state index contributed by atoms with van der Waals surface area (Å²) in [7, 11) is 0. The summed E-state index contributed by atoms with van der Waals surface area (Å²) in [6.07, 6.45) is 14.1. The molecule has 0 fully saturated rings. The first-order valence-electron chi connectivity index (χ1n) is 8.18. The molecule has 0 aliphatic carbocycles. The molecule has 0 rings (SSSR count). The summed E-state index contributed by atoms with van der Waals surface area (Å²) in [5.74, 6) is 0. The predicted molar refractivity (Wildman–Crippen MR) is 78.8 cm³/mol. The summed E-state index contributed by atoms with van der Waals surface area (Å²) in [5.41, 5.74) is 0. The second-order valence-electron chi connectivity index (χ2n) is 5.47. The third kappa shape index (κ3) is 14.3. The molecule has 0 unspecified atom stereocenters. The van der Waals surface area contributed by atoms with Crippen LogP contribution in [-0.2, 0) is 0 Å². The largest absolute Gasteiger partial charge is 1.00 e. The second-order valence-corrected chi connectivity index (χ2v) is 5.47. The summed E-state index contributed by atoms with van der Waals surface area (Å²) in [6.45, 7) is 11.2. The molecule has 0 aliphatic rings. The summed E-state index contributed by atoms with van der Waals surface area (Å²) in [5, 5.41) is 0. The van der Waals surface area contributed by atoms with Crippen molar-refractivity contribution in [3.05, 3.63) is 0 Å². The van der Waals surface area contributed by atoms with Crippen molar-refractivity contribution in [1.82, 2.24) is 0 Å². The highest BCUT2D eigenvalue weighted by Gasteiger charge is 2.07. The minimum atomic E-state index is 0. The first-order valence-corrected chi connectivity index (χ1v) is 8.18. The highest BCUT2D eigenvalue weighted by Crippen LogP contribution is 1.97. The van der Waals surface area contributed by atoms with E-state index >= 15 is 0 Å². The van der Waals surface area contributed by atoms with Gasteiger partial charge in [-0.1, -0.05) is 46.5 Å². The maximum Gasteiger partial charge on any atom is 0.0770 e. The molecule has 0 saturated heterocycles. The van der Waals surface area contributed by atoms with Gasteiger partial charge >= 0.3 is 0 Å². The maximum atomic E-state index is 2.30. The van der Waals surface area contributed by atoms with E-state index in [1.165, 1.54) is 83.8 Å². The summed E-state index contributed by atoms with van der Waals surface area (Å²) >= 11 is 0. The van der Waals surface area contributed by atoms with Crippen LogP contribution in [0.2, 0.25) is 0 Å². The van der Waals surface area contributed by atoms with Crippen LogP contribution >= 0.6 is 0 Å². The fourth-order valence-electron chi connectivity index (χ4n) is 2.43. The Morgan fingerprint density at radius 1 is 0.500 bits per heavy atom. The van der Waals surface area contributed by atoms with Gasteiger partial charge < -0.3 is 17.3 Å². The maximum absolute atomic E-state index is 2.30. The first kappa shape index (κ1) is 20.6. The molecule has 0 radical (unpaired) electrons. The Balaban J connectivity index is 0. The average molecular weight is 278 g/mol. The Morgan fingerprint density at radius 3 is 1.22 bits per heavy atom. The van der Waals surface area contributed by atoms with E-state index in [0.29, 0.717) is 0 Å². The third-order valence-corrected chi connectivity index (χ3v) is 3.65. The van der Waals surface area contributed by atoms with Crippen LogP contribution in [0.15, 0.2) is 0 Å². The molecule has 18 heavy (non-hydrogen) atoms.